The Morgan fingerprint density at radius 2 is 2.00 bits per heavy atom. The number of hydrogen-bond acceptors (Lipinski definition) is 5. The number of hydrogen-bond donors (Lipinski definition) is 1. The third-order valence-electron chi connectivity index (χ3n) is 4.09. The normalized spacial score (nSPS) is 26.5. The zero-order valence-corrected chi connectivity index (χ0v) is 12.1. The van der Waals surface area contributed by atoms with Crippen molar-refractivity contribution in [2.24, 2.45) is 5.92 Å². The van der Waals surface area contributed by atoms with Crippen LogP contribution in [-0.2, 0) is 19.6 Å². The minimum atomic E-state index is -3.50. The van der Waals surface area contributed by atoms with E-state index in [4.69, 9.17) is 0 Å². The minimum absolute atomic E-state index is 0.516. The van der Waals surface area contributed by atoms with Crippen LogP contribution in [0.15, 0.2) is 0 Å². The van der Waals surface area contributed by atoms with Crippen LogP contribution >= 0.6 is 0 Å². The van der Waals surface area contributed by atoms with E-state index in [0.717, 1.165) is 19.4 Å². The van der Waals surface area contributed by atoms with Crippen LogP contribution in [0.25, 0.3) is 0 Å². The van der Waals surface area contributed by atoms with Crippen molar-refractivity contribution in [2.75, 3.05) is 32.5 Å². The van der Waals surface area contributed by atoms with Gasteiger partial charge in [0.2, 0.25) is 10.0 Å². The number of ether oxygens (including phenoxy) is 1. The Labute approximate surface area is 114 Å². The maximum Gasteiger partial charge on any atom is 0.322 e. The van der Waals surface area contributed by atoms with Crippen molar-refractivity contribution >= 4 is 16.0 Å². The van der Waals surface area contributed by atoms with E-state index < -0.39 is 21.7 Å². The van der Waals surface area contributed by atoms with Crippen LogP contribution in [0.4, 0.5) is 0 Å². The SMILES string of the molecule is COC(=O)CS(=O)(=O)N1CCC(C2CCCN2)CC1. The maximum atomic E-state index is 12.0. The van der Waals surface area contributed by atoms with E-state index in [1.807, 2.05) is 0 Å². The van der Waals surface area contributed by atoms with Crippen molar-refractivity contribution < 1.29 is 17.9 Å². The first-order valence-corrected chi connectivity index (χ1v) is 8.42. The summed E-state index contributed by atoms with van der Waals surface area (Å²) in [5.41, 5.74) is 0. The lowest BCUT2D eigenvalue weighted by Crippen LogP contribution is -2.44. The van der Waals surface area contributed by atoms with Crippen LogP contribution in [0.1, 0.15) is 25.7 Å². The monoisotopic (exact) mass is 290 g/mol. The summed E-state index contributed by atoms with van der Waals surface area (Å²) in [6.07, 6.45) is 4.15. The first-order valence-electron chi connectivity index (χ1n) is 6.81. The molecular weight excluding hydrogens is 268 g/mol. The number of sulfonamides is 1. The van der Waals surface area contributed by atoms with Gasteiger partial charge in [-0.15, -0.1) is 0 Å². The van der Waals surface area contributed by atoms with Crippen molar-refractivity contribution in [3.05, 3.63) is 0 Å². The second-order valence-electron chi connectivity index (χ2n) is 5.27. The summed E-state index contributed by atoms with van der Waals surface area (Å²) >= 11 is 0. The molecule has 1 unspecified atom stereocenters. The average molecular weight is 290 g/mol. The molecule has 2 saturated heterocycles. The van der Waals surface area contributed by atoms with Gasteiger partial charge in [0.1, 0.15) is 0 Å². The van der Waals surface area contributed by atoms with Crippen LogP contribution in [0.3, 0.4) is 0 Å². The smallest absolute Gasteiger partial charge is 0.322 e. The fourth-order valence-corrected chi connectivity index (χ4v) is 4.33. The highest BCUT2D eigenvalue weighted by molar-refractivity contribution is 7.89. The summed E-state index contributed by atoms with van der Waals surface area (Å²) in [6.45, 7) is 2.11. The second-order valence-corrected chi connectivity index (χ2v) is 7.24. The molecule has 0 aliphatic carbocycles. The molecular formula is C12H22N2O4S. The predicted molar refractivity (Wildman–Crippen MR) is 71.1 cm³/mol. The Hall–Kier alpha value is -0.660. The Kier molecular flexibility index (Phi) is 4.81. The Balaban J connectivity index is 1.86. The van der Waals surface area contributed by atoms with E-state index >= 15 is 0 Å². The number of carbonyl (C=O) groups excluding carboxylic acids is 1. The molecule has 1 atom stereocenters. The van der Waals surface area contributed by atoms with E-state index in [1.54, 1.807) is 0 Å². The Bertz CT molecular complexity index is 409. The first kappa shape index (κ1) is 14.7. The van der Waals surface area contributed by atoms with Gasteiger partial charge in [-0.2, -0.15) is 0 Å². The number of rotatable bonds is 4. The summed E-state index contributed by atoms with van der Waals surface area (Å²) in [7, 11) is -2.30. The fraction of sp³-hybridized carbons (Fsp3) is 0.917. The zero-order chi connectivity index (χ0) is 13.9. The standard InChI is InChI=1S/C12H22N2O4S/c1-18-12(15)9-19(16,17)14-7-4-10(5-8-14)11-3-2-6-13-11/h10-11,13H,2-9H2,1H3. The number of piperidine rings is 1. The number of esters is 1. The van der Waals surface area contributed by atoms with Gasteiger partial charge < -0.3 is 10.1 Å². The van der Waals surface area contributed by atoms with Crippen molar-refractivity contribution in [2.45, 2.75) is 31.7 Å². The largest absolute Gasteiger partial charge is 0.468 e. The molecule has 0 radical (unpaired) electrons. The number of carbonyl (C=O) groups is 1. The van der Waals surface area contributed by atoms with Crippen LogP contribution in [-0.4, -0.2) is 57.2 Å². The molecule has 0 saturated carbocycles. The first-order chi connectivity index (χ1) is 9.03. The van der Waals surface area contributed by atoms with E-state index in [9.17, 15) is 13.2 Å². The Morgan fingerprint density at radius 1 is 1.32 bits per heavy atom. The van der Waals surface area contributed by atoms with Gasteiger partial charge in [-0.05, 0) is 38.1 Å². The highest BCUT2D eigenvalue weighted by Crippen LogP contribution is 2.26. The van der Waals surface area contributed by atoms with Crippen molar-refractivity contribution in [3.8, 4) is 0 Å². The molecule has 0 spiro atoms. The molecule has 6 nitrogen and oxygen atoms in total. The molecule has 2 aliphatic rings. The number of nitrogens with zero attached hydrogens (tertiary/aromatic N) is 1. The molecule has 0 aromatic carbocycles. The molecule has 2 fully saturated rings. The molecule has 19 heavy (non-hydrogen) atoms. The van der Waals surface area contributed by atoms with Crippen LogP contribution < -0.4 is 5.32 Å². The molecule has 110 valence electrons. The molecule has 2 heterocycles. The highest BCUT2D eigenvalue weighted by Gasteiger charge is 2.33. The molecule has 0 amide bonds. The molecule has 0 aromatic rings. The summed E-state index contributed by atoms with van der Waals surface area (Å²) in [5, 5.41) is 3.48. The molecule has 2 rings (SSSR count). The van der Waals surface area contributed by atoms with Crippen LogP contribution in [0.5, 0.6) is 0 Å². The van der Waals surface area contributed by atoms with E-state index in [2.05, 4.69) is 10.1 Å². The summed E-state index contributed by atoms with van der Waals surface area (Å²) in [5.74, 6) is -0.679. The number of nitrogens with one attached hydrogen (secondary N) is 1. The van der Waals surface area contributed by atoms with Gasteiger partial charge in [-0.1, -0.05) is 0 Å². The summed E-state index contributed by atoms with van der Waals surface area (Å²) in [6, 6.07) is 0.547. The molecule has 0 aromatic heterocycles. The van der Waals surface area contributed by atoms with Crippen LogP contribution in [0.2, 0.25) is 0 Å². The van der Waals surface area contributed by atoms with Gasteiger partial charge in [0.05, 0.1) is 7.11 Å². The molecule has 2 aliphatic heterocycles. The highest BCUT2D eigenvalue weighted by atomic mass is 32.2. The zero-order valence-electron chi connectivity index (χ0n) is 11.3. The second kappa shape index (κ2) is 6.19. The van der Waals surface area contributed by atoms with E-state index in [0.29, 0.717) is 25.0 Å². The summed E-state index contributed by atoms with van der Waals surface area (Å²) in [4.78, 5) is 11.1. The lowest BCUT2D eigenvalue weighted by Gasteiger charge is -2.33. The van der Waals surface area contributed by atoms with Crippen LogP contribution in [0, 0.1) is 5.92 Å². The molecule has 0 bridgehead atoms. The topological polar surface area (TPSA) is 75.7 Å². The van der Waals surface area contributed by atoms with Gasteiger partial charge >= 0.3 is 5.97 Å². The number of methoxy groups -OCH3 is 1. The van der Waals surface area contributed by atoms with Crippen molar-refractivity contribution in [1.29, 1.82) is 0 Å². The van der Waals surface area contributed by atoms with Gasteiger partial charge in [0.25, 0.3) is 0 Å². The third-order valence-corrected chi connectivity index (χ3v) is 5.84. The van der Waals surface area contributed by atoms with Gasteiger partial charge in [-0.25, -0.2) is 12.7 Å². The quantitative estimate of drug-likeness (QED) is 0.735. The van der Waals surface area contributed by atoms with Gasteiger partial charge in [0.15, 0.2) is 5.75 Å². The van der Waals surface area contributed by atoms with Crippen molar-refractivity contribution in [3.63, 3.8) is 0 Å². The van der Waals surface area contributed by atoms with E-state index in [1.165, 1.54) is 24.3 Å². The van der Waals surface area contributed by atoms with Gasteiger partial charge in [-0.3, -0.25) is 4.79 Å². The third kappa shape index (κ3) is 3.67. The molecule has 7 heteroatoms. The maximum absolute atomic E-state index is 12.0. The molecule has 1 N–H and O–H groups in total. The van der Waals surface area contributed by atoms with E-state index in [-0.39, 0.29) is 0 Å². The van der Waals surface area contributed by atoms with Crippen molar-refractivity contribution in [1.82, 2.24) is 9.62 Å². The minimum Gasteiger partial charge on any atom is -0.468 e. The Morgan fingerprint density at radius 3 is 2.53 bits per heavy atom. The fourth-order valence-electron chi connectivity index (χ4n) is 2.97. The summed E-state index contributed by atoms with van der Waals surface area (Å²) < 4.78 is 29.8. The average Bonchev–Trinajstić information content (AvgIpc) is 2.92. The predicted octanol–water partition coefficient (Wildman–Crippen LogP) is -0.0468. The lowest BCUT2D eigenvalue weighted by atomic mass is 9.89. The van der Waals surface area contributed by atoms with Gasteiger partial charge in [0, 0.05) is 19.1 Å². The lowest BCUT2D eigenvalue weighted by molar-refractivity contribution is -0.137.